The molecule has 0 unspecified atom stereocenters. The molecule has 12 heteroatoms. The van der Waals surface area contributed by atoms with Gasteiger partial charge in [-0.2, -0.15) is 18.3 Å². The number of nitro benzene ring substituents is 1. The van der Waals surface area contributed by atoms with Gasteiger partial charge >= 0.3 is 6.18 Å². The minimum Gasteiger partial charge on any atom is -0.494 e. The van der Waals surface area contributed by atoms with Crippen molar-refractivity contribution in [3.05, 3.63) is 69.6 Å². The number of ether oxygens (including phenoxy) is 1. The summed E-state index contributed by atoms with van der Waals surface area (Å²) in [5.74, 6) is -0.254. The third kappa shape index (κ3) is 6.35. The Balaban J connectivity index is 1.74. The van der Waals surface area contributed by atoms with Crippen molar-refractivity contribution in [1.29, 1.82) is 0 Å². The van der Waals surface area contributed by atoms with Crippen molar-refractivity contribution in [1.82, 2.24) is 4.98 Å². The first-order valence-corrected chi connectivity index (χ1v) is 10.4. The largest absolute Gasteiger partial charge is 0.494 e. The number of nitrogens with zero attached hydrogens (tertiary/aromatic N) is 3. The average Bonchev–Trinajstić information content (AvgIpc) is 3.25. The van der Waals surface area contributed by atoms with Gasteiger partial charge in [0.2, 0.25) is 5.13 Å². The number of thiazole rings is 1. The second-order valence-electron chi connectivity index (χ2n) is 6.57. The first-order valence-electron chi connectivity index (χ1n) is 9.53. The van der Waals surface area contributed by atoms with Gasteiger partial charge < -0.3 is 4.74 Å². The first-order chi connectivity index (χ1) is 15.7. The fraction of sp³-hybridized carbons (Fsp3) is 0.190. The Hall–Kier alpha value is -3.80. The maximum absolute atomic E-state index is 13.4. The van der Waals surface area contributed by atoms with Gasteiger partial charge in [-0.3, -0.25) is 20.3 Å². The van der Waals surface area contributed by atoms with Crippen molar-refractivity contribution in [3.8, 4) is 17.0 Å². The molecule has 0 aliphatic heterocycles. The Morgan fingerprint density at radius 3 is 2.61 bits per heavy atom. The van der Waals surface area contributed by atoms with Gasteiger partial charge in [0, 0.05) is 28.6 Å². The number of anilines is 1. The number of rotatable bonds is 9. The van der Waals surface area contributed by atoms with E-state index in [2.05, 4.69) is 15.5 Å². The van der Waals surface area contributed by atoms with Crippen molar-refractivity contribution in [2.45, 2.75) is 19.5 Å². The zero-order valence-corrected chi connectivity index (χ0v) is 17.9. The molecule has 0 aliphatic rings. The highest BCUT2D eigenvalue weighted by atomic mass is 32.1. The number of benzene rings is 2. The van der Waals surface area contributed by atoms with Crippen molar-refractivity contribution in [3.63, 3.8) is 0 Å². The van der Waals surface area contributed by atoms with E-state index in [4.69, 9.17) is 4.74 Å². The Bertz CT molecular complexity index is 1180. The number of alkyl halides is 3. The van der Waals surface area contributed by atoms with Crippen LogP contribution < -0.4 is 10.2 Å². The minimum atomic E-state index is -4.84. The molecule has 3 aromatic rings. The van der Waals surface area contributed by atoms with Crippen LogP contribution in [0.3, 0.4) is 0 Å². The van der Waals surface area contributed by atoms with Crippen LogP contribution >= 0.6 is 11.3 Å². The molecular weight excluding hydrogens is 461 g/mol. The summed E-state index contributed by atoms with van der Waals surface area (Å²) < 4.78 is 45.5. The molecule has 8 nitrogen and oxygen atoms in total. The molecule has 0 saturated heterocycles. The van der Waals surface area contributed by atoms with E-state index in [0.29, 0.717) is 23.6 Å². The fourth-order valence-corrected chi connectivity index (χ4v) is 3.37. The summed E-state index contributed by atoms with van der Waals surface area (Å²) in [4.78, 5) is 26.8. The molecule has 172 valence electrons. The lowest BCUT2D eigenvalue weighted by Gasteiger charge is -2.10. The third-order valence-electron chi connectivity index (χ3n) is 4.29. The normalized spacial score (nSPS) is 11.8. The first kappa shape index (κ1) is 23.9. The van der Waals surface area contributed by atoms with Crippen molar-refractivity contribution in [2.24, 2.45) is 5.10 Å². The molecule has 1 heterocycles. The third-order valence-corrected chi connectivity index (χ3v) is 5.03. The number of ketones is 1. The summed E-state index contributed by atoms with van der Waals surface area (Å²) in [6.45, 7) is 2.21. The minimum absolute atomic E-state index is 0.0340. The molecule has 0 saturated carbocycles. The topological polar surface area (TPSA) is 107 Å². The lowest BCUT2D eigenvalue weighted by molar-refractivity contribution is -0.384. The molecular formula is C21H17F3N4O4S. The second kappa shape index (κ2) is 10.2. The number of halogens is 3. The number of carbonyl (C=O) groups excluding carboxylic acids is 1. The zero-order chi connectivity index (χ0) is 24.0. The van der Waals surface area contributed by atoms with Gasteiger partial charge in [0.1, 0.15) is 11.5 Å². The van der Waals surface area contributed by atoms with Crippen molar-refractivity contribution in [2.75, 3.05) is 12.0 Å². The maximum Gasteiger partial charge on any atom is 0.431 e. The van der Waals surface area contributed by atoms with E-state index in [-0.39, 0.29) is 16.4 Å². The molecule has 33 heavy (non-hydrogen) atoms. The highest BCUT2D eigenvalue weighted by molar-refractivity contribution is 7.14. The number of carbonyl (C=O) groups is 1. The van der Waals surface area contributed by atoms with Crippen LogP contribution in [0.2, 0.25) is 0 Å². The summed E-state index contributed by atoms with van der Waals surface area (Å²) in [5, 5.41) is 15.8. The Labute approximate surface area is 189 Å². The smallest absolute Gasteiger partial charge is 0.431 e. The highest BCUT2D eigenvalue weighted by Crippen LogP contribution is 2.28. The van der Waals surface area contributed by atoms with Crippen LogP contribution in [0.5, 0.6) is 5.75 Å². The second-order valence-corrected chi connectivity index (χ2v) is 7.43. The van der Waals surface area contributed by atoms with Gasteiger partial charge in [-0.15, -0.1) is 11.3 Å². The lowest BCUT2D eigenvalue weighted by atomic mass is 10.1. The Kier molecular flexibility index (Phi) is 7.38. The molecule has 0 spiro atoms. The highest BCUT2D eigenvalue weighted by Gasteiger charge is 2.37. The zero-order valence-electron chi connectivity index (χ0n) is 17.1. The predicted octanol–water partition coefficient (Wildman–Crippen LogP) is 5.72. The molecule has 0 amide bonds. The van der Waals surface area contributed by atoms with Gasteiger partial charge in [0.05, 0.1) is 23.6 Å². The summed E-state index contributed by atoms with van der Waals surface area (Å²) in [6, 6.07) is 11.5. The van der Waals surface area contributed by atoms with E-state index in [1.165, 1.54) is 47.8 Å². The van der Waals surface area contributed by atoms with E-state index in [0.717, 1.165) is 11.3 Å². The molecule has 0 fully saturated rings. The molecule has 1 aromatic heterocycles. The van der Waals surface area contributed by atoms with Gasteiger partial charge in [-0.05, 0) is 31.2 Å². The SMILES string of the molecule is CCOc1ccc(C(=O)CC(=NNc2nc(-c3cccc([N+](=O)[O-])c3)cs2)C(F)(F)F)cc1. The van der Waals surface area contributed by atoms with Crippen LogP contribution in [0, 0.1) is 10.1 Å². The molecule has 1 N–H and O–H groups in total. The number of aromatic nitrogens is 1. The van der Waals surface area contributed by atoms with Gasteiger partial charge in [-0.25, -0.2) is 4.98 Å². The monoisotopic (exact) mass is 478 g/mol. The van der Waals surface area contributed by atoms with Crippen LogP contribution in [-0.4, -0.2) is 34.2 Å². The van der Waals surface area contributed by atoms with Crippen LogP contribution in [0.4, 0.5) is 24.0 Å². The molecule has 0 radical (unpaired) electrons. The summed E-state index contributed by atoms with van der Waals surface area (Å²) in [5.41, 5.74) is 1.64. The predicted molar refractivity (Wildman–Crippen MR) is 118 cm³/mol. The van der Waals surface area contributed by atoms with Gasteiger partial charge in [-0.1, -0.05) is 12.1 Å². The molecule has 2 aromatic carbocycles. The Morgan fingerprint density at radius 1 is 1.24 bits per heavy atom. The molecule has 0 aliphatic carbocycles. The average molecular weight is 478 g/mol. The summed E-state index contributed by atoms with van der Waals surface area (Å²) >= 11 is 0.967. The number of hydrazone groups is 1. The maximum atomic E-state index is 13.4. The van der Waals surface area contributed by atoms with E-state index in [1.807, 2.05) is 0 Å². The van der Waals surface area contributed by atoms with Crippen LogP contribution in [0.15, 0.2) is 59.0 Å². The molecule has 0 bridgehead atoms. The van der Waals surface area contributed by atoms with Crippen LogP contribution in [0.1, 0.15) is 23.7 Å². The standard InChI is InChI=1S/C21H17F3N4O4S/c1-2-32-16-8-6-13(7-9-16)18(29)11-19(21(22,23)24)26-27-20-25-17(12-33-20)14-4-3-5-15(10-14)28(30)31/h3-10,12H,2,11H2,1H3,(H,25,27). The number of hydrogen-bond donors (Lipinski definition) is 1. The molecule has 3 rings (SSSR count). The number of Topliss-reactive ketones (excluding diaryl/α,β-unsaturated/α-hetero) is 1. The van der Waals surface area contributed by atoms with Crippen molar-refractivity contribution < 1.29 is 27.6 Å². The van der Waals surface area contributed by atoms with E-state index in [1.54, 1.807) is 13.0 Å². The lowest BCUT2D eigenvalue weighted by Crippen LogP contribution is -2.27. The van der Waals surface area contributed by atoms with Crippen LogP contribution in [-0.2, 0) is 0 Å². The number of non-ortho nitro benzene ring substituents is 1. The fourth-order valence-electron chi connectivity index (χ4n) is 2.71. The Morgan fingerprint density at radius 2 is 1.97 bits per heavy atom. The number of nitrogens with one attached hydrogen (secondary N) is 1. The van der Waals surface area contributed by atoms with E-state index in [9.17, 15) is 28.1 Å². The van der Waals surface area contributed by atoms with Crippen molar-refractivity contribution >= 4 is 33.7 Å². The van der Waals surface area contributed by atoms with Gasteiger partial charge in [0.25, 0.3) is 5.69 Å². The summed E-state index contributed by atoms with van der Waals surface area (Å²) in [6.07, 6.45) is -5.80. The summed E-state index contributed by atoms with van der Waals surface area (Å²) in [7, 11) is 0. The molecule has 0 atom stereocenters. The van der Waals surface area contributed by atoms with E-state index >= 15 is 0 Å². The van der Waals surface area contributed by atoms with Gasteiger partial charge in [0.15, 0.2) is 5.78 Å². The van der Waals surface area contributed by atoms with E-state index < -0.39 is 29.0 Å². The number of hydrogen-bond acceptors (Lipinski definition) is 8. The van der Waals surface area contributed by atoms with Crippen LogP contribution in [0.25, 0.3) is 11.3 Å². The number of nitro groups is 1. The quantitative estimate of drug-likeness (QED) is 0.182.